The van der Waals surface area contributed by atoms with Gasteiger partial charge in [0.25, 0.3) is 5.56 Å². The van der Waals surface area contributed by atoms with Gasteiger partial charge in [-0.2, -0.15) is 5.26 Å². The van der Waals surface area contributed by atoms with Gasteiger partial charge in [-0.15, -0.1) is 0 Å². The van der Waals surface area contributed by atoms with Crippen molar-refractivity contribution < 1.29 is 4.79 Å². The van der Waals surface area contributed by atoms with Crippen LogP contribution in [0.1, 0.15) is 25.8 Å². The lowest BCUT2D eigenvalue weighted by molar-refractivity contribution is -0.113. The predicted octanol–water partition coefficient (Wildman–Crippen LogP) is 4.05. The minimum Gasteiger partial charge on any atom is -0.324 e. The summed E-state index contributed by atoms with van der Waals surface area (Å²) in [6, 6.07) is 16.1. The van der Waals surface area contributed by atoms with E-state index >= 15 is 0 Å². The average Bonchev–Trinajstić information content (AvgIpc) is 2.72. The zero-order valence-corrected chi connectivity index (χ0v) is 17.2. The van der Waals surface area contributed by atoms with Gasteiger partial charge in [-0.1, -0.05) is 49.9 Å². The van der Waals surface area contributed by atoms with Crippen LogP contribution >= 0.6 is 11.8 Å². The summed E-state index contributed by atoms with van der Waals surface area (Å²) in [5.74, 6) is 0.277. The van der Waals surface area contributed by atoms with E-state index in [9.17, 15) is 9.59 Å². The van der Waals surface area contributed by atoms with E-state index in [0.29, 0.717) is 39.8 Å². The van der Waals surface area contributed by atoms with Crippen LogP contribution in [0.25, 0.3) is 10.9 Å². The number of thioether (sulfide) groups is 1. The summed E-state index contributed by atoms with van der Waals surface area (Å²) >= 11 is 1.23. The molecule has 3 rings (SSSR count). The molecule has 1 heterocycles. The highest BCUT2D eigenvalue weighted by atomic mass is 32.2. The molecule has 1 amide bonds. The predicted molar refractivity (Wildman–Crippen MR) is 116 cm³/mol. The van der Waals surface area contributed by atoms with Gasteiger partial charge < -0.3 is 5.32 Å². The molecular formula is C22H22N4O2S. The topological polar surface area (TPSA) is 87.8 Å². The maximum absolute atomic E-state index is 13.0. The minimum atomic E-state index is -0.254. The molecule has 148 valence electrons. The Bertz CT molecular complexity index is 1130. The molecule has 0 aliphatic carbocycles. The molecule has 0 spiro atoms. The van der Waals surface area contributed by atoms with Gasteiger partial charge in [0.05, 0.1) is 27.9 Å². The Morgan fingerprint density at radius 3 is 2.69 bits per heavy atom. The zero-order chi connectivity index (χ0) is 20.8. The standard InChI is InChI=1S/C22H22N4O2S/c1-15(2)11-12-26-21(28)17-8-4-6-10-19(17)25-22(26)29-14-20(27)24-18-9-5-3-7-16(18)13-23/h3-10,15H,11-12,14H2,1-2H3,(H,24,27). The number of carbonyl (C=O) groups is 1. The monoisotopic (exact) mass is 406 g/mol. The Hall–Kier alpha value is -3.11. The summed E-state index contributed by atoms with van der Waals surface area (Å²) in [5, 5.41) is 13.0. The fraction of sp³-hybridized carbons (Fsp3) is 0.273. The van der Waals surface area contributed by atoms with E-state index in [2.05, 4.69) is 30.2 Å². The van der Waals surface area contributed by atoms with Gasteiger partial charge in [-0.05, 0) is 36.6 Å². The second-order valence-electron chi connectivity index (χ2n) is 7.05. The minimum absolute atomic E-state index is 0.0889. The molecule has 6 nitrogen and oxygen atoms in total. The molecule has 0 aliphatic heterocycles. The Morgan fingerprint density at radius 1 is 1.21 bits per heavy atom. The molecule has 0 fully saturated rings. The third kappa shape index (κ3) is 5.04. The molecule has 0 aliphatic rings. The third-order valence-electron chi connectivity index (χ3n) is 4.41. The number of nitrogens with zero attached hydrogens (tertiary/aromatic N) is 3. The highest BCUT2D eigenvalue weighted by Crippen LogP contribution is 2.20. The lowest BCUT2D eigenvalue weighted by Gasteiger charge is -2.14. The summed E-state index contributed by atoms with van der Waals surface area (Å²) in [4.78, 5) is 30.0. The van der Waals surface area contributed by atoms with Crippen molar-refractivity contribution in [1.82, 2.24) is 9.55 Å². The van der Waals surface area contributed by atoms with Gasteiger partial charge >= 0.3 is 0 Å². The molecule has 1 aromatic heterocycles. The summed E-state index contributed by atoms with van der Waals surface area (Å²) in [6.45, 7) is 4.76. The van der Waals surface area contributed by atoms with Crippen LogP contribution in [-0.2, 0) is 11.3 Å². The summed E-state index contributed by atoms with van der Waals surface area (Å²) in [5.41, 5.74) is 1.41. The largest absolute Gasteiger partial charge is 0.324 e. The quantitative estimate of drug-likeness (QED) is 0.472. The molecule has 2 aromatic carbocycles. The highest BCUT2D eigenvalue weighted by Gasteiger charge is 2.14. The van der Waals surface area contributed by atoms with Crippen LogP contribution in [0.5, 0.6) is 0 Å². The first-order chi connectivity index (χ1) is 14.0. The van der Waals surface area contributed by atoms with Gasteiger partial charge in [-0.3, -0.25) is 14.2 Å². The second kappa shape index (κ2) is 9.39. The van der Waals surface area contributed by atoms with E-state index in [0.717, 1.165) is 6.42 Å². The van der Waals surface area contributed by atoms with E-state index in [4.69, 9.17) is 5.26 Å². The van der Waals surface area contributed by atoms with Crippen LogP contribution in [0.15, 0.2) is 58.5 Å². The number of nitrogens with one attached hydrogen (secondary N) is 1. The van der Waals surface area contributed by atoms with E-state index < -0.39 is 0 Å². The molecule has 29 heavy (non-hydrogen) atoms. The van der Waals surface area contributed by atoms with Crippen molar-refractivity contribution in [3.63, 3.8) is 0 Å². The molecule has 0 radical (unpaired) electrons. The van der Waals surface area contributed by atoms with Crippen molar-refractivity contribution in [3.05, 3.63) is 64.4 Å². The summed E-state index contributed by atoms with van der Waals surface area (Å²) in [6.07, 6.45) is 0.842. The molecule has 3 aromatic rings. The number of rotatable bonds is 7. The van der Waals surface area contributed by atoms with Crippen LogP contribution in [0.3, 0.4) is 0 Å². The number of nitriles is 1. The van der Waals surface area contributed by atoms with E-state index in [1.807, 2.05) is 12.1 Å². The smallest absolute Gasteiger partial charge is 0.262 e. The second-order valence-corrected chi connectivity index (χ2v) is 7.99. The summed E-state index contributed by atoms with van der Waals surface area (Å²) < 4.78 is 1.66. The van der Waals surface area contributed by atoms with Crippen molar-refractivity contribution in [2.75, 3.05) is 11.1 Å². The van der Waals surface area contributed by atoms with E-state index in [1.54, 1.807) is 41.0 Å². The van der Waals surface area contributed by atoms with E-state index in [1.165, 1.54) is 11.8 Å². The van der Waals surface area contributed by atoms with Gasteiger partial charge in [-0.25, -0.2) is 4.98 Å². The number of para-hydroxylation sites is 2. The molecule has 7 heteroatoms. The van der Waals surface area contributed by atoms with Crippen LogP contribution in [0, 0.1) is 17.2 Å². The number of hydrogen-bond acceptors (Lipinski definition) is 5. The third-order valence-corrected chi connectivity index (χ3v) is 5.39. The number of fused-ring (bicyclic) bond motifs is 1. The van der Waals surface area contributed by atoms with Crippen molar-refractivity contribution >= 4 is 34.3 Å². The molecule has 0 atom stereocenters. The number of carbonyl (C=O) groups excluding carboxylic acids is 1. The first-order valence-electron chi connectivity index (χ1n) is 9.41. The molecule has 1 N–H and O–H groups in total. The molecule has 0 unspecified atom stereocenters. The fourth-order valence-corrected chi connectivity index (χ4v) is 3.67. The van der Waals surface area contributed by atoms with Gasteiger partial charge in [0.15, 0.2) is 5.16 Å². The number of benzene rings is 2. The zero-order valence-electron chi connectivity index (χ0n) is 16.4. The van der Waals surface area contributed by atoms with Crippen LogP contribution in [-0.4, -0.2) is 21.2 Å². The first-order valence-corrected chi connectivity index (χ1v) is 10.4. The first kappa shape index (κ1) is 20.6. The molecular weight excluding hydrogens is 384 g/mol. The molecule has 0 saturated carbocycles. The van der Waals surface area contributed by atoms with Gasteiger partial charge in [0, 0.05) is 6.54 Å². The Labute approximate surface area is 173 Å². The highest BCUT2D eigenvalue weighted by molar-refractivity contribution is 7.99. The summed E-state index contributed by atoms with van der Waals surface area (Å²) in [7, 11) is 0. The SMILES string of the molecule is CC(C)CCn1c(SCC(=O)Nc2ccccc2C#N)nc2ccccc2c1=O. The van der Waals surface area contributed by atoms with Crippen molar-refractivity contribution in [1.29, 1.82) is 5.26 Å². The Balaban J connectivity index is 1.83. The normalized spacial score (nSPS) is 10.8. The molecule has 0 bridgehead atoms. The number of anilines is 1. The van der Waals surface area contributed by atoms with Crippen molar-refractivity contribution in [2.45, 2.75) is 32.0 Å². The van der Waals surface area contributed by atoms with Gasteiger partial charge in [0.2, 0.25) is 5.91 Å². The Kier molecular flexibility index (Phi) is 6.68. The average molecular weight is 407 g/mol. The Morgan fingerprint density at radius 2 is 1.93 bits per heavy atom. The van der Waals surface area contributed by atoms with Crippen LogP contribution in [0.2, 0.25) is 0 Å². The number of amides is 1. The van der Waals surface area contributed by atoms with E-state index in [-0.39, 0.29) is 17.2 Å². The van der Waals surface area contributed by atoms with Gasteiger partial charge in [0.1, 0.15) is 6.07 Å². The lowest BCUT2D eigenvalue weighted by atomic mass is 10.1. The van der Waals surface area contributed by atoms with Crippen molar-refractivity contribution in [3.8, 4) is 6.07 Å². The maximum Gasteiger partial charge on any atom is 0.262 e. The fourth-order valence-electron chi connectivity index (χ4n) is 2.85. The van der Waals surface area contributed by atoms with Crippen molar-refractivity contribution in [2.24, 2.45) is 5.92 Å². The maximum atomic E-state index is 13.0. The molecule has 0 saturated heterocycles. The lowest BCUT2D eigenvalue weighted by Crippen LogP contribution is -2.25. The van der Waals surface area contributed by atoms with Crippen LogP contribution < -0.4 is 10.9 Å². The number of hydrogen-bond donors (Lipinski definition) is 1. The van der Waals surface area contributed by atoms with Crippen LogP contribution in [0.4, 0.5) is 5.69 Å². The number of aromatic nitrogens is 2.